The van der Waals surface area contributed by atoms with E-state index in [1.807, 2.05) is 0 Å². The summed E-state index contributed by atoms with van der Waals surface area (Å²) in [6.45, 7) is 7.26. The van der Waals surface area contributed by atoms with Gasteiger partial charge in [-0.2, -0.15) is 0 Å². The number of phosphoric ester groups is 2. The molecule has 19 heteroatoms. The Morgan fingerprint density at radius 1 is 0.295 bits per heavy atom. The fourth-order valence-corrected chi connectivity index (χ4v) is 13.3. The molecule has 564 valence electrons. The summed E-state index contributed by atoms with van der Waals surface area (Å²) in [5, 5.41) is 10.6. The highest BCUT2D eigenvalue weighted by Gasteiger charge is 2.30. The van der Waals surface area contributed by atoms with E-state index in [-0.39, 0.29) is 25.7 Å². The number of aliphatic hydroxyl groups excluding tert-OH is 1. The maximum Gasteiger partial charge on any atom is 0.472 e. The van der Waals surface area contributed by atoms with Gasteiger partial charge in [0.1, 0.15) is 19.3 Å². The van der Waals surface area contributed by atoms with Crippen molar-refractivity contribution < 1.29 is 80.2 Å². The molecule has 0 fully saturated rings. The van der Waals surface area contributed by atoms with Crippen molar-refractivity contribution in [1.29, 1.82) is 0 Å². The van der Waals surface area contributed by atoms with Crippen molar-refractivity contribution in [1.82, 2.24) is 0 Å². The third-order valence-electron chi connectivity index (χ3n) is 18.1. The van der Waals surface area contributed by atoms with E-state index in [1.165, 1.54) is 218 Å². The largest absolute Gasteiger partial charge is 0.472 e. The number of phosphoric acid groups is 2. The SMILES string of the molecule is CCCCCCCCCCCCCCCCCCCCCCCC(=O)O[C@H](COC(=O)CCCCCCCCCCCCCCCC)COP(=O)(O)OC[C@@H](O)COP(=O)(O)OC[C@@H](COC(=O)CCCCCCCCCC)OC(=O)CCCCCCCCCCC(C)CC. The third-order valence-corrected chi connectivity index (χ3v) is 20.0. The zero-order chi connectivity index (χ0) is 69.8. The van der Waals surface area contributed by atoms with Gasteiger partial charge in [-0.15, -0.1) is 0 Å². The lowest BCUT2D eigenvalue weighted by molar-refractivity contribution is -0.161. The first-order chi connectivity index (χ1) is 46.1. The van der Waals surface area contributed by atoms with Crippen LogP contribution in [0.2, 0.25) is 0 Å². The Hall–Kier alpha value is -1.94. The molecule has 0 heterocycles. The number of rotatable bonds is 76. The highest BCUT2D eigenvalue weighted by atomic mass is 31.2. The van der Waals surface area contributed by atoms with E-state index < -0.39 is 97.5 Å². The molecular weight excluding hydrogens is 1250 g/mol. The lowest BCUT2D eigenvalue weighted by Gasteiger charge is -2.21. The summed E-state index contributed by atoms with van der Waals surface area (Å²) in [4.78, 5) is 72.7. The summed E-state index contributed by atoms with van der Waals surface area (Å²) >= 11 is 0. The highest BCUT2D eigenvalue weighted by Crippen LogP contribution is 2.45. The van der Waals surface area contributed by atoms with Crippen molar-refractivity contribution in [3.63, 3.8) is 0 Å². The van der Waals surface area contributed by atoms with Crippen LogP contribution in [0.4, 0.5) is 0 Å². The number of hydrogen-bond acceptors (Lipinski definition) is 15. The fourth-order valence-electron chi connectivity index (χ4n) is 11.7. The summed E-state index contributed by atoms with van der Waals surface area (Å²) in [7, 11) is -9.91. The number of hydrogen-bond donors (Lipinski definition) is 3. The molecule has 0 aromatic heterocycles. The molecule has 0 spiro atoms. The van der Waals surface area contributed by atoms with E-state index in [9.17, 15) is 43.2 Å². The molecule has 0 aliphatic heterocycles. The number of esters is 4. The van der Waals surface area contributed by atoms with Crippen LogP contribution in [0, 0.1) is 5.92 Å². The fraction of sp³-hybridized carbons (Fsp3) is 0.947. The van der Waals surface area contributed by atoms with Crippen molar-refractivity contribution >= 4 is 39.5 Å². The molecule has 0 saturated carbocycles. The zero-order valence-electron chi connectivity index (χ0n) is 61.8. The molecule has 0 aromatic rings. The summed E-state index contributed by atoms with van der Waals surface area (Å²) < 4.78 is 68.4. The lowest BCUT2D eigenvalue weighted by Crippen LogP contribution is -2.30. The maximum atomic E-state index is 13.1. The molecule has 6 atom stereocenters. The van der Waals surface area contributed by atoms with Crippen LogP contribution in [0.1, 0.15) is 401 Å². The van der Waals surface area contributed by atoms with E-state index in [1.54, 1.807) is 0 Å². The van der Waals surface area contributed by atoms with E-state index in [4.69, 9.17) is 37.0 Å². The Morgan fingerprint density at radius 2 is 0.505 bits per heavy atom. The second-order valence-electron chi connectivity index (χ2n) is 27.6. The smallest absolute Gasteiger partial charge is 0.462 e. The Balaban J connectivity index is 5.18. The summed E-state index contributed by atoms with van der Waals surface area (Å²) in [6.07, 6.45) is 58.4. The molecule has 17 nitrogen and oxygen atoms in total. The molecule has 0 saturated heterocycles. The summed E-state index contributed by atoms with van der Waals surface area (Å²) in [5.41, 5.74) is 0. The molecule has 0 rings (SSSR count). The highest BCUT2D eigenvalue weighted by molar-refractivity contribution is 7.47. The monoisotopic (exact) mass is 1400 g/mol. The molecule has 95 heavy (non-hydrogen) atoms. The zero-order valence-corrected chi connectivity index (χ0v) is 63.6. The van der Waals surface area contributed by atoms with E-state index in [2.05, 4.69) is 34.6 Å². The van der Waals surface area contributed by atoms with Crippen molar-refractivity contribution in [2.24, 2.45) is 5.92 Å². The molecule has 0 bridgehead atoms. The van der Waals surface area contributed by atoms with Crippen molar-refractivity contribution in [3.05, 3.63) is 0 Å². The molecule has 0 aromatic carbocycles. The van der Waals surface area contributed by atoms with Crippen LogP contribution in [0.5, 0.6) is 0 Å². The van der Waals surface area contributed by atoms with E-state index in [0.29, 0.717) is 25.7 Å². The number of ether oxygens (including phenoxy) is 4. The number of aliphatic hydroxyl groups is 1. The summed E-state index contributed by atoms with van der Waals surface area (Å²) in [5.74, 6) is -1.35. The molecular formula is C76H148O17P2. The van der Waals surface area contributed by atoms with Crippen molar-refractivity contribution in [2.45, 2.75) is 419 Å². The van der Waals surface area contributed by atoms with Gasteiger partial charge in [-0.25, -0.2) is 9.13 Å². The molecule has 0 aliphatic rings. The Labute approximate surface area is 581 Å². The van der Waals surface area contributed by atoms with Gasteiger partial charge in [0.2, 0.25) is 0 Å². The molecule has 0 aliphatic carbocycles. The van der Waals surface area contributed by atoms with Crippen LogP contribution >= 0.6 is 15.6 Å². The second-order valence-corrected chi connectivity index (χ2v) is 30.5. The minimum atomic E-state index is -4.96. The van der Waals surface area contributed by atoms with Gasteiger partial charge in [-0.3, -0.25) is 37.3 Å². The first-order valence-corrected chi connectivity index (χ1v) is 42.7. The first-order valence-electron chi connectivity index (χ1n) is 39.7. The Bertz CT molecular complexity index is 1820. The van der Waals surface area contributed by atoms with Crippen molar-refractivity contribution in [3.8, 4) is 0 Å². The normalized spacial score (nSPS) is 14.2. The van der Waals surface area contributed by atoms with Crippen LogP contribution < -0.4 is 0 Å². The molecule has 0 amide bonds. The van der Waals surface area contributed by atoms with Crippen LogP contribution in [0.15, 0.2) is 0 Å². The van der Waals surface area contributed by atoms with E-state index in [0.717, 1.165) is 102 Å². The molecule has 3 N–H and O–H groups in total. The Morgan fingerprint density at radius 3 is 0.747 bits per heavy atom. The molecule has 0 radical (unpaired) electrons. The second kappa shape index (κ2) is 69.2. The average Bonchev–Trinajstić information content (AvgIpc) is 2.87. The van der Waals surface area contributed by atoms with Crippen LogP contribution in [0.3, 0.4) is 0 Å². The van der Waals surface area contributed by atoms with Crippen molar-refractivity contribution in [2.75, 3.05) is 39.6 Å². The summed E-state index contributed by atoms with van der Waals surface area (Å²) in [6, 6.07) is 0. The van der Waals surface area contributed by atoms with Gasteiger partial charge in [0.15, 0.2) is 12.2 Å². The minimum Gasteiger partial charge on any atom is -0.462 e. The number of carbonyl (C=O) groups excluding carboxylic acids is 4. The van der Waals surface area contributed by atoms with Gasteiger partial charge in [-0.1, -0.05) is 349 Å². The Kier molecular flexibility index (Phi) is 67.7. The number of carbonyl (C=O) groups is 4. The number of unbranched alkanes of at least 4 members (excludes halogenated alkanes) is 47. The third kappa shape index (κ3) is 69.0. The average molecular weight is 1400 g/mol. The van der Waals surface area contributed by atoms with Gasteiger partial charge in [0.25, 0.3) is 0 Å². The lowest BCUT2D eigenvalue weighted by atomic mass is 9.99. The van der Waals surface area contributed by atoms with Gasteiger partial charge < -0.3 is 33.8 Å². The van der Waals surface area contributed by atoms with Crippen LogP contribution in [-0.4, -0.2) is 96.7 Å². The first kappa shape index (κ1) is 93.1. The molecule has 3 unspecified atom stereocenters. The predicted octanol–water partition coefficient (Wildman–Crippen LogP) is 22.5. The maximum absolute atomic E-state index is 13.1. The van der Waals surface area contributed by atoms with Gasteiger partial charge in [-0.05, 0) is 31.6 Å². The van der Waals surface area contributed by atoms with Crippen LogP contribution in [0.25, 0.3) is 0 Å². The topological polar surface area (TPSA) is 237 Å². The van der Waals surface area contributed by atoms with Gasteiger partial charge in [0.05, 0.1) is 26.4 Å². The predicted molar refractivity (Wildman–Crippen MR) is 386 cm³/mol. The van der Waals surface area contributed by atoms with Crippen LogP contribution in [-0.2, 0) is 65.4 Å². The standard InChI is InChI=1S/C76H148O17P2/c1-6-10-13-16-19-22-24-26-28-29-30-31-32-33-34-36-38-40-46-51-56-61-75(80)92-72(66-87-74(79)60-55-50-45-39-37-35-27-25-23-20-17-14-11-7-2)68-91-95(84,85)89-64-70(77)63-88-94(82,83)90-67-71(65-86-73(78)59-54-49-44-21-18-15-12-8-3)93-76(81)62-57-52-47-42-41-43-48-53-58-69(5)9-4/h69-72,77H,6-68H2,1-5H3,(H,82,83)(H,84,85)/t69?,70-,71+,72+/m0/s1. The minimum absolute atomic E-state index is 0.105. The van der Waals surface area contributed by atoms with Gasteiger partial charge >= 0.3 is 39.5 Å². The quantitative estimate of drug-likeness (QED) is 0.0222. The van der Waals surface area contributed by atoms with E-state index >= 15 is 0 Å². The van der Waals surface area contributed by atoms with Gasteiger partial charge in [0, 0.05) is 25.7 Å².